The third-order valence-electron chi connectivity index (χ3n) is 3.10. The van der Waals surface area contributed by atoms with Gasteiger partial charge in [0.05, 0.1) is 17.4 Å². The lowest BCUT2D eigenvalue weighted by atomic mass is 10.1. The van der Waals surface area contributed by atoms with Gasteiger partial charge in [0.25, 0.3) is 0 Å². The first kappa shape index (κ1) is 8.85. The number of rotatable bonds is 0. The van der Waals surface area contributed by atoms with E-state index in [-0.39, 0.29) is 0 Å². The van der Waals surface area contributed by atoms with Crippen LogP contribution in [-0.2, 0) is 0 Å². The van der Waals surface area contributed by atoms with Gasteiger partial charge in [-0.25, -0.2) is 0 Å². The predicted octanol–water partition coefficient (Wildman–Crippen LogP) is 0.439. The van der Waals surface area contributed by atoms with E-state index in [1.807, 2.05) is 12.1 Å². The minimum atomic E-state index is 0.452. The number of fused-ring (bicyclic) bond motifs is 3. The van der Waals surface area contributed by atoms with Crippen LogP contribution in [0.2, 0.25) is 0 Å². The Morgan fingerprint density at radius 2 is 2.40 bits per heavy atom. The second-order valence-corrected chi connectivity index (χ2v) is 4.06. The van der Waals surface area contributed by atoms with Gasteiger partial charge in [0.2, 0.25) is 0 Å². The summed E-state index contributed by atoms with van der Waals surface area (Å²) >= 11 is 0. The van der Waals surface area contributed by atoms with Gasteiger partial charge in [-0.2, -0.15) is 0 Å². The van der Waals surface area contributed by atoms with E-state index < -0.39 is 0 Å². The van der Waals surface area contributed by atoms with Crippen molar-refractivity contribution in [3.63, 3.8) is 0 Å². The van der Waals surface area contributed by atoms with Gasteiger partial charge < -0.3 is 20.7 Å². The number of benzene rings is 1. The lowest BCUT2D eigenvalue weighted by molar-refractivity contribution is 0.248. The van der Waals surface area contributed by atoms with Crippen LogP contribution in [0, 0.1) is 0 Å². The van der Waals surface area contributed by atoms with Crippen molar-refractivity contribution < 1.29 is 4.74 Å². The van der Waals surface area contributed by atoms with Crippen LogP contribution in [0.4, 0.5) is 11.4 Å². The summed E-state index contributed by atoms with van der Waals surface area (Å²) in [4.78, 5) is 2.39. The second kappa shape index (κ2) is 3.31. The fourth-order valence-electron chi connectivity index (χ4n) is 2.33. The zero-order valence-corrected chi connectivity index (χ0v) is 8.57. The molecule has 2 aliphatic heterocycles. The van der Waals surface area contributed by atoms with Gasteiger partial charge in [0.1, 0.15) is 6.61 Å². The number of para-hydroxylation sites is 1. The van der Waals surface area contributed by atoms with Gasteiger partial charge in [0.15, 0.2) is 5.75 Å². The van der Waals surface area contributed by atoms with Gasteiger partial charge in [-0.15, -0.1) is 0 Å². The zero-order chi connectivity index (χ0) is 10.3. The van der Waals surface area contributed by atoms with Gasteiger partial charge in [-0.05, 0) is 12.1 Å². The third kappa shape index (κ3) is 1.33. The number of hydrogen-bond donors (Lipinski definition) is 2. The lowest BCUT2D eigenvalue weighted by Crippen LogP contribution is -2.55. The summed E-state index contributed by atoms with van der Waals surface area (Å²) in [5, 5.41) is 3.38. The maximum Gasteiger partial charge on any atom is 0.165 e. The third-order valence-corrected chi connectivity index (χ3v) is 3.10. The summed E-state index contributed by atoms with van der Waals surface area (Å²) in [6.07, 6.45) is 0. The van der Waals surface area contributed by atoms with E-state index in [1.165, 1.54) is 0 Å². The maximum absolute atomic E-state index is 5.90. The fraction of sp³-hybridized carbons (Fsp3) is 0.455. The van der Waals surface area contributed by atoms with Crippen molar-refractivity contribution in [2.75, 3.05) is 36.9 Å². The molecule has 0 aliphatic carbocycles. The molecule has 4 nitrogen and oxygen atoms in total. The first-order valence-electron chi connectivity index (χ1n) is 5.35. The van der Waals surface area contributed by atoms with Crippen molar-refractivity contribution >= 4 is 11.4 Å². The van der Waals surface area contributed by atoms with Crippen molar-refractivity contribution in [2.45, 2.75) is 6.04 Å². The number of anilines is 2. The van der Waals surface area contributed by atoms with Crippen LogP contribution in [0.15, 0.2) is 18.2 Å². The van der Waals surface area contributed by atoms with Crippen LogP contribution >= 0.6 is 0 Å². The van der Waals surface area contributed by atoms with Crippen LogP contribution in [0.1, 0.15) is 0 Å². The molecule has 1 aromatic carbocycles. The molecule has 1 atom stereocenters. The summed E-state index contributed by atoms with van der Waals surface area (Å²) in [7, 11) is 0. The molecular formula is C11H15N3O. The van der Waals surface area contributed by atoms with Crippen LogP contribution in [0.5, 0.6) is 5.75 Å². The molecule has 0 saturated carbocycles. The molecule has 4 heteroatoms. The predicted molar refractivity (Wildman–Crippen MR) is 60.4 cm³/mol. The standard InChI is InChI=1S/C11H15N3O/c12-9-2-1-3-10-11(9)15-7-8-6-13-4-5-14(8)10/h1-3,8,13H,4-7,12H2. The molecule has 1 saturated heterocycles. The lowest BCUT2D eigenvalue weighted by Gasteiger charge is -2.42. The molecule has 3 N–H and O–H groups in total. The number of nitrogens with one attached hydrogen (secondary N) is 1. The average Bonchev–Trinajstić information content (AvgIpc) is 2.29. The molecule has 80 valence electrons. The Morgan fingerprint density at radius 3 is 3.33 bits per heavy atom. The molecule has 2 aliphatic rings. The van der Waals surface area contributed by atoms with Crippen LogP contribution in [-0.4, -0.2) is 32.3 Å². The summed E-state index contributed by atoms with van der Waals surface area (Å²) in [5.74, 6) is 0.857. The van der Waals surface area contributed by atoms with E-state index in [4.69, 9.17) is 10.5 Å². The summed E-state index contributed by atoms with van der Waals surface area (Å²) in [5.41, 5.74) is 7.78. The monoisotopic (exact) mass is 205 g/mol. The Bertz CT molecular complexity index is 380. The Kier molecular flexibility index (Phi) is 1.95. The summed E-state index contributed by atoms with van der Waals surface area (Å²) in [6.45, 7) is 3.79. The van der Waals surface area contributed by atoms with Crippen LogP contribution in [0.3, 0.4) is 0 Å². The van der Waals surface area contributed by atoms with Crippen molar-refractivity contribution in [3.05, 3.63) is 18.2 Å². The molecule has 1 aromatic rings. The molecule has 2 heterocycles. The van der Waals surface area contributed by atoms with Crippen molar-refractivity contribution in [3.8, 4) is 5.75 Å². The molecule has 0 radical (unpaired) electrons. The van der Waals surface area contributed by atoms with Gasteiger partial charge >= 0.3 is 0 Å². The first-order chi connectivity index (χ1) is 7.36. The molecule has 1 fully saturated rings. The highest BCUT2D eigenvalue weighted by atomic mass is 16.5. The smallest absolute Gasteiger partial charge is 0.165 e. The Hall–Kier alpha value is -1.42. The van der Waals surface area contributed by atoms with Crippen LogP contribution in [0.25, 0.3) is 0 Å². The number of nitrogens with zero attached hydrogens (tertiary/aromatic N) is 1. The minimum Gasteiger partial charge on any atom is -0.487 e. The Labute approximate surface area is 89.0 Å². The normalized spacial score (nSPS) is 24.0. The van der Waals surface area contributed by atoms with E-state index in [9.17, 15) is 0 Å². The SMILES string of the molecule is Nc1cccc2c1OCC1CNCCN21. The van der Waals surface area contributed by atoms with Crippen molar-refractivity contribution in [1.29, 1.82) is 0 Å². The van der Waals surface area contributed by atoms with Crippen molar-refractivity contribution in [1.82, 2.24) is 5.32 Å². The quantitative estimate of drug-likeness (QED) is 0.603. The molecule has 1 unspecified atom stereocenters. The molecule has 0 bridgehead atoms. The maximum atomic E-state index is 5.90. The minimum absolute atomic E-state index is 0.452. The average molecular weight is 205 g/mol. The summed E-state index contributed by atoms with van der Waals surface area (Å²) < 4.78 is 5.72. The number of piperazine rings is 1. The number of hydrogen-bond acceptors (Lipinski definition) is 4. The first-order valence-corrected chi connectivity index (χ1v) is 5.35. The Balaban J connectivity index is 2.03. The molecule has 0 aromatic heterocycles. The Morgan fingerprint density at radius 1 is 1.47 bits per heavy atom. The van der Waals surface area contributed by atoms with E-state index >= 15 is 0 Å². The van der Waals surface area contributed by atoms with E-state index in [0.717, 1.165) is 43.4 Å². The second-order valence-electron chi connectivity index (χ2n) is 4.06. The molecular weight excluding hydrogens is 190 g/mol. The van der Waals surface area contributed by atoms with E-state index in [2.05, 4.69) is 16.3 Å². The topological polar surface area (TPSA) is 50.5 Å². The molecule has 15 heavy (non-hydrogen) atoms. The molecule has 0 amide bonds. The summed E-state index contributed by atoms with van der Waals surface area (Å²) in [6, 6.07) is 6.42. The van der Waals surface area contributed by atoms with E-state index in [1.54, 1.807) is 0 Å². The van der Waals surface area contributed by atoms with Gasteiger partial charge in [-0.1, -0.05) is 6.07 Å². The highest BCUT2D eigenvalue weighted by Crippen LogP contribution is 2.38. The van der Waals surface area contributed by atoms with Crippen molar-refractivity contribution in [2.24, 2.45) is 0 Å². The molecule has 0 spiro atoms. The fourth-order valence-corrected chi connectivity index (χ4v) is 2.33. The van der Waals surface area contributed by atoms with Crippen LogP contribution < -0.4 is 20.7 Å². The largest absolute Gasteiger partial charge is 0.487 e. The molecule has 3 rings (SSSR count). The highest BCUT2D eigenvalue weighted by molar-refractivity contribution is 5.72. The number of nitrogen functional groups attached to an aromatic ring is 1. The number of nitrogens with two attached hydrogens (primary N) is 1. The van der Waals surface area contributed by atoms with Gasteiger partial charge in [-0.3, -0.25) is 0 Å². The van der Waals surface area contributed by atoms with E-state index in [0.29, 0.717) is 6.04 Å². The zero-order valence-electron chi connectivity index (χ0n) is 8.57. The number of ether oxygens (including phenoxy) is 1. The highest BCUT2D eigenvalue weighted by Gasteiger charge is 2.30. The van der Waals surface area contributed by atoms with Gasteiger partial charge in [0, 0.05) is 19.6 Å².